The van der Waals surface area contributed by atoms with E-state index in [9.17, 15) is 9.59 Å². The van der Waals surface area contributed by atoms with Gasteiger partial charge in [0.25, 0.3) is 5.91 Å². The quantitative estimate of drug-likeness (QED) is 0.739. The van der Waals surface area contributed by atoms with E-state index in [4.69, 9.17) is 0 Å². The molecular weight excluding hydrogens is 190 g/mol. The minimum absolute atomic E-state index is 0.1000. The molecule has 1 heterocycles. The number of Topliss-reactive ketones (excluding diaryl/α,β-unsaturated/α-hetero) is 1. The van der Waals surface area contributed by atoms with Crippen molar-refractivity contribution in [1.82, 2.24) is 5.32 Å². The summed E-state index contributed by atoms with van der Waals surface area (Å²) in [6.45, 7) is 5.16. The molecule has 0 saturated carbocycles. The van der Waals surface area contributed by atoms with Gasteiger partial charge in [0.2, 0.25) is 0 Å². The van der Waals surface area contributed by atoms with Crippen molar-refractivity contribution >= 4 is 11.7 Å². The Morgan fingerprint density at radius 1 is 1.40 bits per heavy atom. The lowest BCUT2D eigenvalue weighted by atomic mass is 9.97. The van der Waals surface area contributed by atoms with Crippen molar-refractivity contribution in [3.8, 4) is 0 Å². The van der Waals surface area contributed by atoms with Crippen molar-refractivity contribution < 1.29 is 9.59 Å². The van der Waals surface area contributed by atoms with Gasteiger partial charge in [0.15, 0.2) is 5.78 Å². The van der Waals surface area contributed by atoms with Gasteiger partial charge in [0, 0.05) is 11.1 Å². The predicted octanol–water partition coefficient (Wildman–Crippen LogP) is 1.62. The van der Waals surface area contributed by atoms with E-state index in [1.54, 1.807) is 12.1 Å². The zero-order valence-electron chi connectivity index (χ0n) is 8.41. The molecule has 0 fully saturated rings. The minimum Gasteiger partial charge on any atom is -0.341 e. The Labute approximate surface area is 87.8 Å². The van der Waals surface area contributed by atoms with Crippen LogP contribution in [0.2, 0.25) is 0 Å². The normalized spacial score (nSPS) is 18.2. The number of amides is 1. The largest absolute Gasteiger partial charge is 0.341 e. The summed E-state index contributed by atoms with van der Waals surface area (Å²) < 4.78 is 0. The van der Waals surface area contributed by atoms with Crippen molar-refractivity contribution in [3.63, 3.8) is 0 Å². The van der Waals surface area contributed by atoms with Gasteiger partial charge in [-0.25, -0.2) is 0 Å². The number of carbonyl (C=O) groups excluding carboxylic acids is 2. The summed E-state index contributed by atoms with van der Waals surface area (Å²) in [4.78, 5) is 22.7. The van der Waals surface area contributed by atoms with Crippen molar-refractivity contribution in [2.24, 2.45) is 0 Å². The topological polar surface area (TPSA) is 46.2 Å². The molecule has 0 bridgehead atoms. The van der Waals surface area contributed by atoms with E-state index in [0.717, 1.165) is 5.56 Å². The maximum atomic E-state index is 11.5. The van der Waals surface area contributed by atoms with Crippen LogP contribution in [0.25, 0.3) is 0 Å². The molecule has 3 nitrogen and oxygen atoms in total. The Morgan fingerprint density at radius 3 is 2.73 bits per heavy atom. The Morgan fingerprint density at radius 2 is 2.07 bits per heavy atom. The molecule has 1 aliphatic heterocycles. The van der Waals surface area contributed by atoms with E-state index >= 15 is 0 Å². The summed E-state index contributed by atoms with van der Waals surface area (Å²) in [6, 6.07) is 6.88. The van der Waals surface area contributed by atoms with Crippen LogP contribution in [0, 0.1) is 0 Å². The lowest BCUT2D eigenvalue weighted by molar-refractivity contribution is -0.113. The summed E-state index contributed by atoms with van der Waals surface area (Å²) >= 11 is 0. The highest BCUT2D eigenvalue weighted by Gasteiger charge is 2.30. The van der Waals surface area contributed by atoms with Gasteiger partial charge in [-0.2, -0.15) is 0 Å². The van der Waals surface area contributed by atoms with Gasteiger partial charge in [-0.15, -0.1) is 0 Å². The number of hydrogen-bond donors (Lipinski definition) is 1. The van der Waals surface area contributed by atoms with Crippen molar-refractivity contribution in [2.75, 3.05) is 0 Å². The second-order valence-corrected chi connectivity index (χ2v) is 3.58. The van der Waals surface area contributed by atoms with Crippen LogP contribution in [0.4, 0.5) is 0 Å². The lowest BCUT2D eigenvalue weighted by Crippen LogP contribution is -2.22. The van der Waals surface area contributed by atoms with E-state index in [-0.39, 0.29) is 17.7 Å². The maximum Gasteiger partial charge on any atom is 0.252 e. The summed E-state index contributed by atoms with van der Waals surface area (Å²) in [7, 11) is 0. The van der Waals surface area contributed by atoms with Crippen molar-refractivity contribution in [3.05, 3.63) is 47.5 Å². The summed E-state index contributed by atoms with van der Waals surface area (Å²) in [5.74, 6) is -0.241. The summed E-state index contributed by atoms with van der Waals surface area (Å²) in [6.07, 6.45) is 0. The van der Waals surface area contributed by atoms with E-state index in [0.29, 0.717) is 11.1 Å². The van der Waals surface area contributed by atoms with Crippen molar-refractivity contribution in [1.29, 1.82) is 0 Å². The van der Waals surface area contributed by atoms with Crippen LogP contribution < -0.4 is 5.32 Å². The fourth-order valence-electron chi connectivity index (χ4n) is 1.72. The maximum absolute atomic E-state index is 11.5. The van der Waals surface area contributed by atoms with Crippen LogP contribution in [0.15, 0.2) is 36.4 Å². The molecule has 1 atom stereocenters. The number of carbonyl (C=O) groups is 2. The van der Waals surface area contributed by atoms with Crippen LogP contribution in [0.1, 0.15) is 28.9 Å². The van der Waals surface area contributed by atoms with E-state index in [2.05, 4.69) is 11.9 Å². The van der Waals surface area contributed by atoms with Crippen molar-refractivity contribution in [2.45, 2.75) is 13.0 Å². The molecule has 1 unspecified atom stereocenters. The van der Waals surface area contributed by atoms with Gasteiger partial charge in [-0.05, 0) is 18.6 Å². The predicted molar refractivity (Wildman–Crippen MR) is 56.5 cm³/mol. The molecule has 3 heteroatoms. The molecule has 1 amide bonds. The lowest BCUT2D eigenvalue weighted by Gasteiger charge is -2.11. The van der Waals surface area contributed by atoms with E-state index < -0.39 is 0 Å². The molecule has 1 aliphatic rings. The first-order chi connectivity index (χ1) is 7.11. The number of benzene rings is 1. The van der Waals surface area contributed by atoms with Crippen LogP contribution in [0.5, 0.6) is 0 Å². The second-order valence-electron chi connectivity index (χ2n) is 3.58. The smallest absolute Gasteiger partial charge is 0.252 e. The Bertz CT molecular complexity index is 462. The molecular formula is C12H11NO2. The average molecular weight is 201 g/mol. The molecule has 76 valence electrons. The SMILES string of the molecule is C=C(C(C)=O)C1NC(=O)c2ccccc21. The van der Waals surface area contributed by atoms with Gasteiger partial charge in [-0.3, -0.25) is 9.59 Å². The molecule has 1 aromatic rings. The highest BCUT2D eigenvalue weighted by Crippen LogP contribution is 2.29. The van der Waals surface area contributed by atoms with Crippen LogP contribution in [-0.4, -0.2) is 11.7 Å². The van der Waals surface area contributed by atoms with Crippen LogP contribution in [-0.2, 0) is 4.79 Å². The van der Waals surface area contributed by atoms with E-state index in [1.807, 2.05) is 12.1 Å². The number of rotatable bonds is 2. The fraction of sp³-hybridized carbons (Fsp3) is 0.167. The van der Waals surface area contributed by atoms with Gasteiger partial charge < -0.3 is 5.32 Å². The zero-order valence-corrected chi connectivity index (χ0v) is 8.41. The molecule has 1 aromatic carbocycles. The fourth-order valence-corrected chi connectivity index (χ4v) is 1.72. The van der Waals surface area contributed by atoms with Gasteiger partial charge >= 0.3 is 0 Å². The Balaban J connectivity index is 2.45. The number of fused-ring (bicyclic) bond motifs is 1. The second kappa shape index (κ2) is 3.35. The minimum atomic E-state index is -0.355. The van der Waals surface area contributed by atoms with Gasteiger partial charge in [-0.1, -0.05) is 24.8 Å². The number of hydrogen-bond acceptors (Lipinski definition) is 2. The van der Waals surface area contributed by atoms with Crippen LogP contribution in [0.3, 0.4) is 0 Å². The first-order valence-corrected chi connectivity index (χ1v) is 4.71. The van der Waals surface area contributed by atoms with E-state index in [1.165, 1.54) is 6.92 Å². The molecule has 0 radical (unpaired) electrons. The molecule has 0 aliphatic carbocycles. The zero-order chi connectivity index (χ0) is 11.0. The average Bonchev–Trinajstić information content (AvgIpc) is 2.56. The molecule has 0 saturated heterocycles. The monoisotopic (exact) mass is 201 g/mol. The number of nitrogens with one attached hydrogen (secondary N) is 1. The summed E-state index contributed by atoms with van der Waals surface area (Å²) in [5.41, 5.74) is 1.89. The molecule has 15 heavy (non-hydrogen) atoms. The molecule has 0 aromatic heterocycles. The van der Waals surface area contributed by atoms with Gasteiger partial charge in [0.1, 0.15) is 0 Å². The summed E-state index contributed by atoms with van der Waals surface area (Å²) in [5, 5.41) is 2.74. The standard InChI is InChI=1S/C12H11NO2/c1-7(8(2)14)11-9-5-3-4-6-10(9)12(15)13-11/h3-6,11H,1H2,2H3,(H,13,15). The highest BCUT2D eigenvalue weighted by atomic mass is 16.2. The van der Waals surface area contributed by atoms with Crippen LogP contribution >= 0.6 is 0 Å². The highest BCUT2D eigenvalue weighted by molar-refractivity contribution is 6.03. The Kier molecular flexibility index (Phi) is 2.15. The first kappa shape index (κ1) is 9.65. The third-order valence-electron chi connectivity index (χ3n) is 2.59. The molecule has 2 rings (SSSR count). The third-order valence-corrected chi connectivity index (χ3v) is 2.59. The number of ketones is 1. The third kappa shape index (κ3) is 1.46. The molecule has 0 spiro atoms. The Hall–Kier alpha value is -1.90. The van der Waals surface area contributed by atoms with Gasteiger partial charge in [0.05, 0.1) is 6.04 Å². The first-order valence-electron chi connectivity index (χ1n) is 4.71. The molecule has 1 N–H and O–H groups in total.